The number of piperidine rings is 1. The number of pyridine rings is 1. The van der Waals surface area contributed by atoms with Crippen LogP contribution in [0, 0.1) is 0 Å². The Labute approximate surface area is 107 Å². The minimum Gasteiger partial charge on any atom is -0.474 e. The standard InChI is InChI=1S/C11H17N3O3S/c1-14-6-4-9(5-7-14)17-11-3-2-10(8-13-11)18(12,15)16/h2-3,8-9H,4-7H2,1H3,(H2,12,15,16). The number of hydrogen-bond acceptors (Lipinski definition) is 5. The molecule has 18 heavy (non-hydrogen) atoms. The Morgan fingerprint density at radius 3 is 2.56 bits per heavy atom. The molecule has 2 rings (SSSR count). The molecular weight excluding hydrogens is 254 g/mol. The Kier molecular flexibility index (Phi) is 3.84. The maximum absolute atomic E-state index is 11.1. The van der Waals surface area contributed by atoms with Crippen LogP contribution in [0.4, 0.5) is 0 Å². The van der Waals surface area contributed by atoms with E-state index in [1.165, 1.54) is 18.3 Å². The van der Waals surface area contributed by atoms with Crippen LogP contribution < -0.4 is 9.88 Å². The molecular formula is C11H17N3O3S. The molecule has 2 heterocycles. The minimum absolute atomic E-state index is 0.00164. The third kappa shape index (κ3) is 3.41. The highest BCUT2D eigenvalue weighted by Crippen LogP contribution is 2.17. The van der Waals surface area contributed by atoms with Crippen LogP contribution in [0.2, 0.25) is 0 Å². The van der Waals surface area contributed by atoms with Crippen LogP contribution in [0.3, 0.4) is 0 Å². The first-order chi connectivity index (χ1) is 8.45. The summed E-state index contributed by atoms with van der Waals surface area (Å²) >= 11 is 0. The van der Waals surface area contributed by atoms with Crippen molar-refractivity contribution in [2.24, 2.45) is 5.14 Å². The molecule has 7 heteroatoms. The SMILES string of the molecule is CN1CCC(Oc2ccc(S(N)(=O)=O)cn2)CC1. The minimum atomic E-state index is -3.68. The van der Waals surface area contributed by atoms with E-state index in [0.717, 1.165) is 25.9 Å². The number of ether oxygens (including phenoxy) is 1. The lowest BCUT2D eigenvalue weighted by molar-refractivity contribution is 0.110. The predicted molar refractivity (Wildman–Crippen MR) is 66.8 cm³/mol. The number of aromatic nitrogens is 1. The molecule has 1 aliphatic rings. The Morgan fingerprint density at radius 1 is 1.39 bits per heavy atom. The highest BCUT2D eigenvalue weighted by atomic mass is 32.2. The Morgan fingerprint density at radius 2 is 2.06 bits per heavy atom. The average Bonchev–Trinajstić information content (AvgIpc) is 2.32. The Hall–Kier alpha value is -1.18. The monoisotopic (exact) mass is 271 g/mol. The molecule has 0 aliphatic carbocycles. The second kappa shape index (κ2) is 5.21. The van der Waals surface area contributed by atoms with Crippen molar-refractivity contribution in [3.63, 3.8) is 0 Å². The van der Waals surface area contributed by atoms with Crippen LogP contribution in [-0.2, 0) is 10.0 Å². The van der Waals surface area contributed by atoms with Crippen molar-refractivity contribution in [2.45, 2.75) is 23.8 Å². The highest BCUT2D eigenvalue weighted by Gasteiger charge is 2.18. The lowest BCUT2D eigenvalue weighted by atomic mass is 10.1. The van der Waals surface area contributed by atoms with Gasteiger partial charge in [0.05, 0.1) is 6.20 Å². The van der Waals surface area contributed by atoms with Gasteiger partial charge in [0.2, 0.25) is 15.9 Å². The zero-order valence-electron chi connectivity index (χ0n) is 10.2. The second-order valence-corrected chi connectivity index (χ2v) is 6.06. The first-order valence-electron chi connectivity index (χ1n) is 5.79. The maximum Gasteiger partial charge on any atom is 0.239 e. The quantitative estimate of drug-likeness (QED) is 0.849. The summed E-state index contributed by atoms with van der Waals surface area (Å²) in [6, 6.07) is 2.95. The lowest BCUT2D eigenvalue weighted by Gasteiger charge is -2.28. The zero-order chi connectivity index (χ0) is 13.2. The molecule has 0 unspecified atom stereocenters. The van der Waals surface area contributed by atoms with E-state index in [1.54, 1.807) is 0 Å². The van der Waals surface area contributed by atoms with Gasteiger partial charge in [-0.2, -0.15) is 0 Å². The van der Waals surface area contributed by atoms with Gasteiger partial charge < -0.3 is 9.64 Å². The number of primary sulfonamides is 1. The van der Waals surface area contributed by atoms with Gasteiger partial charge >= 0.3 is 0 Å². The fourth-order valence-electron chi connectivity index (χ4n) is 1.88. The number of nitrogens with two attached hydrogens (primary N) is 1. The fraction of sp³-hybridized carbons (Fsp3) is 0.545. The van der Waals surface area contributed by atoms with Crippen LogP contribution in [0.15, 0.2) is 23.2 Å². The van der Waals surface area contributed by atoms with E-state index in [9.17, 15) is 8.42 Å². The van der Waals surface area contributed by atoms with Gasteiger partial charge in [-0.3, -0.25) is 0 Å². The third-order valence-corrected chi connectivity index (χ3v) is 3.89. The molecule has 2 N–H and O–H groups in total. The highest BCUT2D eigenvalue weighted by molar-refractivity contribution is 7.89. The van der Waals surface area contributed by atoms with Crippen molar-refractivity contribution < 1.29 is 13.2 Å². The summed E-state index contributed by atoms with van der Waals surface area (Å²) in [6.45, 7) is 2.00. The number of sulfonamides is 1. The van der Waals surface area contributed by atoms with Crippen molar-refractivity contribution in [1.29, 1.82) is 0 Å². The summed E-state index contributed by atoms with van der Waals surface area (Å²) in [6.07, 6.45) is 3.28. The molecule has 6 nitrogen and oxygen atoms in total. The van der Waals surface area contributed by atoms with Crippen molar-refractivity contribution in [2.75, 3.05) is 20.1 Å². The van der Waals surface area contributed by atoms with E-state index in [4.69, 9.17) is 9.88 Å². The van der Waals surface area contributed by atoms with Gasteiger partial charge in [0.25, 0.3) is 0 Å². The topological polar surface area (TPSA) is 85.5 Å². The van der Waals surface area contributed by atoms with Crippen molar-refractivity contribution in [3.05, 3.63) is 18.3 Å². The molecule has 0 radical (unpaired) electrons. The van der Waals surface area contributed by atoms with Crippen molar-refractivity contribution >= 4 is 10.0 Å². The average molecular weight is 271 g/mol. The molecule has 1 aromatic heterocycles. The molecule has 100 valence electrons. The number of hydrogen-bond donors (Lipinski definition) is 1. The Balaban J connectivity index is 1.98. The van der Waals surface area contributed by atoms with Crippen LogP contribution in [-0.4, -0.2) is 44.5 Å². The van der Waals surface area contributed by atoms with Crippen LogP contribution in [0.5, 0.6) is 5.88 Å². The van der Waals surface area contributed by atoms with Gasteiger partial charge in [0, 0.05) is 19.2 Å². The first-order valence-corrected chi connectivity index (χ1v) is 7.34. The van der Waals surface area contributed by atoms with Gasteiger partial charge in [-0.25, -0.2) is 18.5 Å². The molecule has 0 amide bonds. The van der Waals surface area contributed by atoms with E-state index in [0.29, 0.717) is 5.88 Å². The number of rotatable bonds is 3. The summed E-state index contributed by atoms with van der Waals surface area (Å²) in [4.78, 5) is 6.21. The van der Waals surface area contributed by atoms with Gasteiger partial charge in [0.1, 0.15) is 11.0 Å². The summed E-state index contributed by atoms with van der Waals surface area (Å²) in [5.41, 5.74) is 0. The third-order valence-electron chi connectivity index (χ3n) is 2.99. The van der Waals surface area contributed by atoms with E-state index < -0.39 is 10.0 Å². The fourth-order valence-corrected chi connectivity index (χ4v) is 2.34. The molecule has 0 atom stereocenters. The van der Waals surface area contributed by atoms with E-state index in [-0.39, 0.29) is 11.0 Å². The van der Waals surface area contributed by atoms with E-state index >= 15 is 0 Å². The van der Waals surface area contributed by atoms with E-state index in [1.807, 2.05) is 0 Å². The molecule has 1 aliphatic heterocycles. The summed E-state index contributed by atoms with van der Waals surface area (Å²) in [5.74, 6) is 0.442. The molecule has 0 bridgehead atoms. The van der Waals surface area contributed by atoms with Gasteiger partial charge in [-0.05, 0) is 26.0 Å². The Bertz CT molecular complexity index is 493. The van der Waals surface area contributed by atoms with Gasteiger partial charge in [-0.1, -0.05) is 0 Å². The predicted octanol–water partition coefficient (Wildman–Crippen LogP) is 0.202. The number of nitrogens with zero attached hydrogens (tertiary/aromatic N) is 2. The van der Waals surface area contributed by atoms with Gasteiger partial charge in [-0.15, -0.1) is 0 Å². The van der Waals surface area contributed by atoms with Crippen LogP contribution >= 0.6 is 0 Å². The molecule has 1 aromatic rings. The summed E-state index contributed by atoms with van der Waals surface area (Å²) in [5, 5.41) is 4.99. The molecule has 0 saturated carbocycles. The zero-order valence-corrected chi connectivity index (χ0v) is 11.1. The number of likely N-dealkylation sites (tertiary alicyclic amines) is 1. The molecule has 0 spiro atoms. The lowest BCUT2D eigenvalue weighted by Crippen LogP contribution is -2.35. The summed E-state index contributed by atoms with van der Waals surface area (Å²) in [7, 11) is -1.61. The van der Waals surface area contributed by atoms with E-state index in [2.05, 4.69) is 16.9 Å². The first kappa shape index (κ1) is 13.3. The van der Waals surface area contributed by atoms with Crippen molar-refractivity contribution in [1.82, 2.24) is 9.88 Å². The van der Waals surface area contributed by atoms with Gasteiger partial charge in [0.15, 0.2) is 0 Å². The molecule has 0 aromatic carbocycles. The maximum atomic E-state index is 11.1. The second-order valence-electron chi connectivity index (χ2n) is 4.50. The molecule has 1 fully saturated rings. The normalized spacial score (nSPS) is 18.8. The van der Waals surface area contributed by atoms with Crippen LogP contribution in [0.25, 0.3) is 0 Å². The smallest absolute Gasteiger partial charge is 0.239 e. The molecule has 1 saturated heterocycles. The van der Waals surface area contributed by atoms with Crippen LogP contribution in [0.1, 0.15) is 12.8 Å². The van der Waals surface area contributed by atoms with Crippen molar-refractivity contribution in [3.8, 4) is 5.88 Å². The summed E-state index contributed by atoms with van der Waals surface area (Å²) < 4.78 is 27.8. The largest absolute Gasteiger partial charge is 0.474 e.